The van der Waals surface area contributed by atoms with Gasteiger partial charge in [0.2, 0.25) is 11.8 Å². The van der Waals surface area contributed by atoms with E-state index in [0.717, 1.165) is 42.3 Å². The number of nitrogens with zero attached hydrogens (tertiary/aromatic N) is 4. The van der Waals surface area contributed by atoms with Crippen molar-refractivity contribution in [1.82, 2.24) is 19.5 Å². The Hall–Kier alpha value is -3.04. The summed E-state index contributed by atoms with van der Waals surface area (Å²) < 4.78 is 17.9. The predicted molar refractivity (Wildman–Crippen MR) is 122 cm³/mol. The number of ether oxygens (including phenoxy) is 3. The van der Waals surface area contributed by atoms with Crippen molar-refractivity contribution < 1.29 is 14.2 Å². The number of hydrogen-bond donors (Lipinski definition) is 1. The molecule has 1 fully saturated rings. The maximum absolute atomic E-state index is 13.7. The van der Waals surface area contributed by atoms with Crippen molar-refractivity contribution in [2.45, 2.75) is 44.8 Å². The first-order chi connectivity index (χ1) is 15.5. The minimum atomic E-state index is -0.106. The molecule has 9 heteroatoms. The van der Waals surface area contributed by atoms with Crippen LogP contribution in [0.15, 0.2) is 29.2 Å². The molecule has 4 rings (SSSR count). The van der Waals surface area contributed by atoms with Gasteiger partial charge >= 0.3 is 0 Å². The third-order valence-corrected chi connectivity index (χ3v) is 6.01. The average molecular weight is 440 g/mol. The lowest BCUT2D eigenvalue weighted by Crippen LogP contribution is -2.32. The maximum atomic E-state index is 13.7. The summed E-state index contributed by atoms with van der Waals surface area (Å²) in [5.74, 6) is 0.660. The average Bonchev–Trinajstić information content (AvgIpc) is 2.80. The molecule has 3 heterocycles. The Bertz CT molecular complexity index is 1140. The lowest BCUT2D eigenvalue weighted by Gasteiger charge is -2.30. The molecular formula is C23H29N5O4. The van der Waals surface area contributed by atoms with E-state index < -0.39 is 0 Å². The third-order valence-electron chi connectivity index (χ3n) is 6.01. The van der Waals surface area contributed by atoms with Gasteiger partial charge in [0.25, 0.3) is 5.56 Å². The van der Waals surface area contributed by atoms with Gasteiger partial charge in [-0.15, -0.1) is 0 Å². The Balaban J connectivity index is 1.75. The summed E-state index contributed by atoms with van der Waals surface area (Å²) >= 11 is 0. The number of nitrogen functional groups attached to an aromatic ring is 1. The zero-order chi connectivity index (χ0) is 22.7. The fourth-order valence-corrected chi connectivity index (χ4v) is 4.35. The molecule has 0 aromatic carbocycles. The van der Waals surface area contributed by atoms with Crippen LogP contribution in [0.1, 0.15) is 37.4 Å². The van der Waals surface area contributed by atoms with Crippen molar-refractivity contribution in [2.75, 3.05) is 33.2 Å². The van der Waals surface area contributed by atoms with Gasteiger partial charge in [0.1, 0.15) is 5.65 Å². The molecule has 1 saturated carbocycles. The number of anilines is 1. The predicted octanol–water partition coefficient (Wildman–Crippen LogP) is 2.90. The Morgan fingerprint density at radius 2 is 1.91 bits per heavy atom. The van der Waals surface area contributed by atoms with E-state index in [1.807, 2.05) is 19.1 Å². The van der Waals surface area contributed by atoms with Gasteiger partial charge in [0, 0.05) is 41.9 Å². The van der Waals surface area contributed by atoms with Crippen LogP contribution in [-0.4, -0.2) is 53.1 Å². The molecule has 3 aromatic heterocycles. The molecule has 2 N–H and O–H groups in total. The summed E-state index contributed by atoms with van der Waals surface area (Å²) in [7, 11) is 3.23. The van der Waals surface area contributed by atoms with Crippen LogP contribution in [0, 0.1) is 6.92 Å². The van der Waals surface area contributed by atoms with Crippen LogP contribution in [-0.2, 0) is 9.47 Å². The van der Waals surface area contributed by atoms with E-state index in [4.69, 9.17) is 19.9 Å². The Morgan fingerprint density at radius 3 is 2.56 bits per heavy atom. The van der Waals surface area contributed by atoms with Gasteiger partial charge in [-0.25, -0.2) is 9.97 Å². The van der Waals surface area contributed by atoms with Crippen molar-refractivity contribution in [3.63, 3.8) is 0 Å². The van der Waals surface area contributed by atoms with Gasteiger partial charge in [-0.3, -0.25) is 9.36 Å². The maximum Gasteiger partial charge on any atom is 0.260 e. The van der Waals surface area contributed by atoms with Gasteiger partial charge in [-0.05, 0) is 44.7 Å². The van der Waals surface area contributed by atoms with Crippen molar-refractivity contribution in [3.8, 4) is 17.0 Å². The molecule has 0 amide bonds. The number of methoxy groups -OCH3 is 2. The van der Waals surface area contributed by atoms with Crippen LogP contribution in [0.25, 0.3) is 22.2 Å². The van der Waals surface area contributed by atoms with Crippen LogP contribution in [0.2, 0.25) is 0 Å². The van der Waals surface area contributed by atoms with E-state index in [0.29, 0.717) is 30.3 Å². The van der Waals surface area contributed by atoms with Crippen molar-refractivity contribution in [2.24, 2.45) is 0 Å². The smallest absolute Gasteiger partial charge is 0.260 e. The first kappa shape index (κ1) is 22.2. The van der Waals surface area contributed by atoms with Gasteiger partial charge in [0.05, 0.1) is 32.1 Å². The first-order valence-corrected chi connectivity index (χ1v) is 10.8. The van der Waals surface area contributed by atoms with Crippen LogP contribution in [0.3, 0.4) is 0 Å². The standard InChI is InChI=1S/C23H29N5O4/c1-14-18-12-19(15-4-9-20(31-3)25-13-15)22(29)28(21(18)27-23(24)26-14)16-5-7-17(8-6-16)32-11-10-30-2/h4,9,12-13,16-17H,5-8,10-11H2,1-3H3,(H2,24,26,27). The number of aryl methyl sites for hydroxylation is 1. The summed E-state index contributed by atoms with van der Waals surface area (Å²) in [6.07, 6.45) is 5.21. The SMILES string of the molecule is COCCOC1CCC(n2c(=O)c(-c3ccc(OC)nc3)cc3c(C)nc(N)nc32)CC1. The number of pyridine rings is 2. The zero-order valence-electron chi connectivity index (χ0n) is 18.7. The van der Waals surface area contributed by atoms with E-state index in [9.17, 15) is 4.79 Å². The number of aromatic nitrogens is 4. The Labute approximate surface area is 186 Å². The molecule has 1 aliphatic rings. The minimum Gasteiger partial charge on any atom is -0.481 e. The lowest BCUT2D eigenvalue weighted by atomic mass is 9.92. The molecule has 1 aliphatic carbocycles. The summed E-state index contributed by atoms with van der Waals surface area (Å²) in [6.45, 7) is 3.04. The normalized spacial score (nSPS) is 18.7. The van der Waals surface area contributed by atoms with Crippen LogP contribution in [0.4, 0.5) is 5.95 Å². The van der Waals surface area contributed by atoms with Crippen molar-refractivity contribution >= 4 is 17.0 Å². The zero-order valence-corrected chi connectivity index (χ0v) is 18.7. The fraction of sp³-hybridized carbons (Fsp3) is 0.478. The van der Waals surface area contributed by atoms with E-state index in [1.54, 1.807) is 31.0 Å². The quantitative estimate of drug-likeness (QED) is 0.559. The van der Waals surface area contributed by atoms with Gasteiger partial charge in [-0.1, -0.05) is 0 Å². The molecule has 0 radical (unpaired) electrons. The lowest BCUT2D eigenvalue weighted by molar-refractivity contribution is -0.00640. The highest BCUT2D eigenvalue weighted by Gasteiger charge is 2.27. The molecule has 170 valence electrons. The molecule has 3 aromatic rings. The Kier molecular flexibility index (Phi) is 6.66. The number of nitrogens with two attached hydrogens (primary N) is 1. The van der Waals surface area contributed by atoms with Gasteiger partial charge in [-0.2, -0.15) is 4.98 Å². The molecule has 32 heavy (non-hydrogen) atoms. The number of fused-ring (bicyclic) bond motifs is 1. The van der Waals surface area contributed by atoms with Crippen LogP contribution < -0.4 is 16.0 Å². The van der Waals surface area contributed by atoms with Gasteiger partial charge < -0.3 is 19.9 Å². The largest absolute Gasteiger partial charge is 0.481 e. The van der Waals surface area contributed by atoms with E-state index >= 15 is 0 Å². The highest BCUT2D eigenvalue weighted by atomic mass is 16.5. The second kappa shape index (κ2) is 9.62. The van der Waals surface area contributed by atoms with Crippen molar-refractivity contribution in [1.29, 1.82) is 0 Å². The van der Waals surface area contributed by atoms with Crippen molar-refractivity contribution in [3.05, 3.63) is 40.4 Å². The molecule has 0 spiro atoms. The first-order valence-electron chi connectivity index (χ1n) is 10.8. The van der Waals surface area contributed by atoms with Crippen LogP contribution >= 0.6 is 0 Å². The number of hydrogen-bond acceptors (Lipinski definition) is 8. The summed E-state index contributed by atoms with van der Waals surface area (Å²) in [4.78, 5) is 26.8. The molecule has 0 atom stereocenters. The second-order valence-corrected chi connectivity index (χ2v) is 8.02. The highest BCUT2D eigenvalue weighted by Crippen LogP contribution is 2.33. The highest BCUT2D eigenvalue weighted by molar-refractivity contribution is 5.84. The topological polar surface area (TPSA) is 114 Å². The Morgan fingerprint density at radius 1 is 1.12 bits per heavy atom. The van der Waals surface area contributed by atoms with Gasteiger partial charge in [0.15, 0.2) is 0 Å². The molecule has 0 saturated heterocycles. The minimum absolute atomic E-state index is 0.00660. The molecule has 0 bridgehead atoms. The molecule has 0 unspecified atom stereocenters. The van der Waals surface area contributed by atoms with E-state index in [1.165, 1.54) is 0 Å². The second-order valence-electron chi connectivity index (χ2n) is 8.02. The van der Waals surface area contributed by atoms with Crippen LogP contribution in [0.5, 0.6) is 5.88 Å². The summed E-state index contributed by atoms with van der Waals surface area (Å²) in [5.41, 5.74) is 8.44. The fourth-order valence-electron chi connectivity index (χ4n) is 4.35. The summed E-state index contributed by atoms with van der Waals surface area (Å²) in [5, 5.41) is 0.808. The molecular weight excluding hydrogens is 410 g/mol. The molecule has 9 nitrogen and oxygen atoms in total. The monoisotopic (exact) mass is 439 g/mol. The molecule has 0 aliphatic heterocycles. The summed E-state index contributed by atoms with van der Waals surface area (Å²) in [6, 6.07) is 5.43. The van der Waals surface area contributed by atoms with E-state index in [2.05, 4.69) is 15.0 Å². The number of rotatable bonds is 7. The van der Waals surface area contributed by atoms with E-state index in [-0.39, 0.29) is 23.7 Å². The third kappa shape index (κ3) is 4.44.